The number of nitrogens with one attached hydrogen (secondary N) is 1. The van der Waals surface area contributed by atoms with E-state index in [1.165, 1.54) is 0 Å². The van der Waals surface area contributed by atoms with Gasteiger partial charge in [-0.05, 0) is 68.7 Å². The molecule has 142 valence electrons. The Hall–Kier alpha value is -2.36. The fraction of sp³-hybridized carbons (Fsp3) is 0.381. The van der Waals surface area contributed by atoms with Crippen molar-refractivity contribution in [3.05, 3.63) is 59.7 Å². The van der Waals surface area contributed by atoms with Gasteiger partial charge in [0.05, 0.1) is 16.5 Å². The van der Waals surface area contributed by atoms with Crippen molar-refractivity contribution >= 4 is 15.7 Å². The average Bonchev–Trinajstić information content (AvgIpc) is 2.67. The molecule has 1 heterocycles. The monoisotopic (exact) mass is 383 g/mol. The Labute approximate surface area is 161 Å². The van der Waals surface area contributed by atoms with Crippen LogP contribution in [0.5, 0.6) is 0 Å². The number of hydrogen-bond acceptors (Lipinski definition) is 4. The van der Waals surface area contributed by atoms with Gasteiger partial charge < -0.3 is 5.32 Å². The van der Waals surface area contributed by atoms with Gasteiger partial charge in [-0.1, -0.05) is 18.6 Å². The second kappa shape index (κ2) is 8.12. The number of nitrogens with zero attached hydrogens (tertiary/aromatic N) is 2. The summed E-state index contributed by atoms with van der Waals surface area (Å²) < 4.78 is 27.7. The molecule has 1 fully saturated rings. The van der Waals surface area contributed by atoms with Crippen molar-refractivity contribution in [1.82, 2.24) is 4.31 Å². The highest BCUT2D eigenvalue weighted by atomic mass is 32.2. The first-order chi connectivity index (χ1) is 12.9. The van der Waals surface area contributed by atoms with Gasteiger partial charge in [-0.3, -0.25) is 0 Å². The van der Waals surface area contributed by atoms with Gasteiger partial charge in [-0.15, -0.1) is 0 Å². The smallest absolute Gasteiger partial charge is 0.243 e. The third-order valence-corrected chi connectivity index (χ3v) is 7.26. The van der Waals surface area contributed by atoms with Gasteiger partial charge in [0, 0.05) is 24.3 Å². The molecule has 0 amide bonds. The highest BCUT2D eigenvalue weighted by molar-refractivity contribution is 7.89. The summed E-state index contributed by atoms with van der Waals surface area (Å²) in [5.74, 6) is 0. The minimum absolute atomic E-state index is 0.0351. The van der Waals surface area contributed by atoms with Gasteiger partial charge in [0.2, 0.25) is 10.0 Å². The third kappa shape index (κ3) is 4.32. The first-order valence-electron chi connectivity index (χ1n) is 9.28. The summed E-state index contributed by atoms with van der Waals surface area (Å²) in [6.07, 6.45) is 2.90. The minimum atomic E-state index is -3.48. The molecule has 2 aromatic carbocycles. The maximum absolute atomic E-state index is 13.0. The Balaban J connectivity index is 1.69. The Morgan fingerprint density at radius 2 is 1.63 bits per heavy atom. The summed E-state index contributed by atoms with van der Waals surface area (Å²) in [6.45, 7) is 4.58. The van der Waals surface area contributed by atoms with Crippen LogP contribution in [-0.4, -0.2) is 24.8 Å². The SMILES string of the molecule is C[C@@H]1CCC[C@@H](C)N1S(=O)(=O)c1ccc(NCc2ccc(C#N)cc2)cc1. The Bertz CT molecular complexity index is 905. The molecule has 5 nitrogen and oxygen atoms in total. The van der Waals surface area contributed by atoms with Crippen LogP contribution in [-0.2, 0) is 16.6 Å². The van der Waals surface area contributed by atoms with Gasteiger partial charge in [-0.25, -0.2) is 8.42 Å². The van der Waals surface area contributed by atoms with Crippen molar-refractivity contribution in [2.75, 3.05) is 5.32 Å². The van der Waals surface area contributed by atoms with E-state index in [1.54, 1.807) is 40.7 Å². The number of hydrogen-bond donors (Lipinski definition) is 1. The summed E-state index contributed by atoms with van der Waals surface area (Å²) >= 11 is 0. The van der Waals surface area contributed by atoms with Gasteiger partial charge >= 0.3 is 0 Å². The molecule has 2 aromatic rings. The number of nitriles is 1. The van der Waals surface area contributed by atoms with E-state index in [2.05, 4.69) is 11.4 Å². The van der Waals surface area contributed by atoms with Gasteiger partial charge in [0.15, 0.2) is 0 Å². The molecule has 0 unspecified atom stereocenters. The molecule has 0 aromatic heterocycles. The summed E-state index contributed by atoms with van der Waals surface area (Å²) in [5.41, 5.74) is 2.55. The van der Waals surface area contributed by atoms with Crippen LogP contribution in [0.1, 0.15) is 44.2 Å². The summed E-state index contributed by atoms with van der Waals surface area (Å²) in [6, 6.07) is 16.5. The maximum atomic E-state index is 13.0. The Kier molecular flexibility index (Phi) is 5.83. The number of anilines is 1. The zero-order valence-electron chi connectivity index (χ0n) is 15.7. The van der Waals surface area contributed by atoms with E-state index in [-0.39, 0.29) is 12.1 Å². The van der Waals surface area contributed by atoms with Gasteiger partial charge in [-0.2, -0.15) is 9.57 Å². The highest BCUT2D eigenvalue weighted by Gasteiger charge is 2.35. The zero-order chi connectivity index (χ0) is 19.4. The van der Waals surface area contributed by atoms with E-state index >= 15 is 0 Å². The quantitative estimate of drug-likeness (QED) is 0.843. The second-order valence-electron chi connectivity index (χ2n) is 7.15. The predicted octanol–water partition coefficient (Wildman–Crippen LogP) is 4.12. The second-order valence-corrected chi connectivity index (χ2v) is 8.99. The predicted molar refractivity (Wildman–Crippen MR) is 107 cm³/mol. The van der Waals surface area contributed by atoms with Crippen LogP contribution in [0, 0.1) is 11.3 Å². The van der Waals surface area contributed by atoms with Crippen molar-refractivity contribution in [1.29, 1.82) is 5.26 Å². The lowest BCUT2D eigenvalue weighted by Crippen LogP contribution is -2.47. The van der Waals surface area contributed by atoms with Crippen molar-refractivity contribution in [3.63, 3.8) is 0 Å². The molecule has 1 saturated heterocycles. The van der Waals surface area contributed by atoms with Crippen LogP contribution in [0.2, 0.25) is 0 Å². The van der Waals surface area contributed by atoms with Crippen molar-refractivity contribution < 1.29 is 8.42 Å². The number of piperidine rings is 1. The molecule has 0 spiro atoms. The fourth-order valence-corrected chi connectivity index (χ4v) is 5.52. The molecule has 0 aliphatic carbocycles. The van der Waals surface area contributed by atoms with Crippen molar-refractivity contribution in [2.24, 2.45) is 0 Å². The molecule has 0 saturated carbocycles. The fourth-order valence-electron chi connectivity index (χ4n) is 3.64. The molecular weight excluding hydrogens is 358 g/mol. The van der Waals surface area contributed by atoms with E-state index in [9.17, 15) is 8.42 Å². The molecule has 1 N–H and O–H groups in total. The van der Waals surface area contributed by atoms with Crippen LogP contribution >= 0.6 is 0 Å². The van der Waals surface area contributed by atoms with Crippen LogP contribution in [0.3, 0.4) is 0 Å². The molecule has 1 aliphatic heterocycles. The first-order valence-corrected chi connectivity index (χ1v) is 10.7. The van der Waals surface area contributed by atoms with Crippen LogP contribution in [0.4, 0.5) is 5.69 Å². The molecule has 0 bridgehead atoms. The third-order valence-electron chi connectivity index (χ3n) is 5.12. The van der Waals surface area contributed by atoms with E-state index in [0.29, 0.717) is 17.0 Å². The van der Waals surface area contributed by atoms with Crippen molar-refractivity contribution in [3.8, 4) is 6.07 Å². The van der Waals surface area contributed by atoms with Crippen LogP contribution in [0.15, 0.2) is 53.4 Å². The molecule has 2 atom stereocenters. The Morgan fingerprint density at radius 1 is 1.04 bits per heavy atom. The van der Waals surface area contributed by atoms with E-state index in [1.807, 2.05) is 26.0 Å². The van der Waals surface area contributed by atoms with Crippen LogP contribution < -0.4 is 5.32 Å². The van der Waals surface area contributed by atoms with Crippen molar-refractivity contribution in [2.45, 2.75) is 56.6 Å². The maximum Gasteiger partial charge on any atom is 0.243 e. The molecule has 0 radical (unpaired) electrons. The summed E-state index contributed by atoms with van der Waals surface area (Å²) in [4.78, 5) is 0.340. The lowest BCUT2D eigenvalue weighted by atomic mass is 10.0. The van der Waals surface area contributed by atoms with E-state index in [0.717, 1.165) is 30.5 Å². The zero-order valence-corrected chi connectivity index (χ0v) is 16.5. The summed E-state index contributed by atoms with van der Waals surface area (Å²) in [7, 11) is -3.48. The van der Waals surface area contributed by atoms with E-state index < -0.39 is 10.0 Å². The molecule has 3 rings (SSSR count). The topological polar surface area (TPSA) is 73.2 Å². The lowest BCUT2D eigenvalue weighted by molar-refractivity contribution is 0.204. The standard InChI is InChI=1S/C21H25N3O2S/c1-16-4-3-5-17(2)24(16)27(25,26)21-12-10-20(11-13-21)23-15-19-8-6-18(14-22)7-9-19/h6-13,16-17,23H,3-5,15H2,1-2H3/t16-,17-/m1/s1. The largest absolute Gasteiger partial charge is 0.381 e. The average molecular weight is 384 g/mol. The van der Waals surface area contributed by atoms with Crippen LogP contribution in [0.25, 0.3) is 0 Å². The summed E-state index contributed by atoms with van der Waals surface area (Å²) in [5, 5.41) is 12.1. The van der Waals surface area contributed by atoms with E-state index in [4.69, 9.17) is 5.26 Å². The molecule has 1 aliphatic rings. The molecule has 6 heteroatoms. The molecular formula is C21H25N3O2S. The first kappa shape index (κ1) is 19.4. The molecule has 27 heavy (non-hydrogen) atoms. The lowest BCUT2D eigenvalue weighted by Gasteiger charge is -2.37. The highest BCUT2D eigenvalue weighted by Crippen LogP contribution is 2.30. The minimum Gasteiger partial charge on any atom is -0.381 e. The number of benzene rings is 2. The van der Waals surface area contributed by atoms with Gasteiger partial charge in [0.25, 0.3) is 0 Å². The number of rotatable bonds is 5. The number of sulfonamides is 1. The van der Waals surface area contributed by atoms with Gasteiger partial charge in [0.1, 0.15) is 0 Å². The normalized spacial score (nSPS) is 20.8. The Morgan fingerprint density at radius 3 is 2.19 bits per heavy atom.